The van der Waals surface area contributed by atoms with E-state index in [0.717, 1.165) is 5.41 Å². The molecule has 0 aliphatic rings. The number of anilines is 1. The third-order valence-corrected chi connectivity index (χ3v) is 6.00. The summed E-state index contributed by atoms with van der Waals surface area (Å²) < 4.78 is 51.5. The second-order valence-electron chi connectivity index (χ2n) is 7.12. The van der Waals surface area contributed by atoms with Gasteiger partial charge in [0.05, 0.1) is 52.0 Å². The molecule has 190 valence electrons. The molecule has 0 bridgehead atoms. The number of amides is 1. The van der Waals surface area contributed by atoms with Crippen LogP contribution in [0.1, 0.15) is 24.5 Å². The van der Waals surface area contributed by atoms with E-state index in [2.05, 4.69) is 5.32 Å². The third kappa shape index (κ3) is 7.92. The fraction of sp³-hybridized carbons (Fsp3) is 0.333. The van der Waals surface area contributed by atoms with Crippen molar-refractivity contribution in [3.05, 3.63) is 46.9 Å². The molecular formula is C24H29NO9S. The van der Waals surface area contributed by atoms with Crippen LogP contribution in [0.5, 0.6) is 23.0 Å². The molecule has 10 nitrogen and oxygen atoms in total. The Hall–Kier alpha value is -3.73. The zero-order valence-electron chi connectivity index (χ0n) is 20.2. The molecule has 2 rings (SSSR count). The Morgan fingerprint density at radius 2 is 1.54 bits per heavy atom. The summed E-state index contributed by atoms with van der Waals surface area (Å²) in [5, 5.41) is 3.61. The third-order valence-electron chi connectivity index (χ3n) is 4.71. The number of hydrogen-bond donors (Lipinski definition) is 1. The van der Waals surface area contributed by atoms with E-state index in [0.29, 0.717) is 34.1 Å². The highest BCUT2D eigenvalue weighted by atomic mass is 32.2. The number of carbonyl (C=O) groups excluding carboxylic acids is 2. The van der Waals surface area contributed by atoms with Crippen LogP contribution in [-0.2, 0) is 29.9 Å². The Kier molecular flexibility index (Phi) is 9.95. The molecule has 0 unspecified atom stereocenters. The van der Waals surface area contributed by atoms with Crippen molar-refractivity contribution in [2.75, 3.05) is 40.4 Å². The molecule has 0 aromatic heterocycles. The van der Waals surface area contributed by atoms with Crippen molar-refractivity contribution in [1.82, 2.24) is 0 Å². The number of esters is 1. The number of rotatable bonds is 12. The normalized spacial score (nSPS) is 11.1. The molecule has 0 saturated heterocycles. The first-order valence-electron chi connectivity index (χ1n) is 10.5. The molecule has 2 aromatic carbocycles. The van der Waals surface area contributed by atoms with Crippen LogP contribution in [0.3, 0.4) is 0 Å². The van der Waals surface area contributed by atoms with Crippen molar-refractivity contribution >= 4 is 33.5 Å². The minimum Gasteiger partial charge on any atom is -0.496 e. The maximum absolute atomic E-state index is 12.8. The highest BCUT2D eigenvalue weighted by molar-refractivity contribution is 7.93. The number of benzene rings is 2. The lowest BCUT2D eigenvalue weighted by Gasteiger charge is -2.13. The monoisotopic (exact) mass is 507 g/mol. The molecule has 0 radical (unpaired) electrons. The minimum atomic E-state index is -3.74. The van der Waals surface area contributed by atoms with Crippen LogP contribution in [0.25, 0.3) is 6.08 Å². The van der Waals surface area contributed by atoms with Crippen molar-refractivity contribution in [2.24, 2.45) is 0 Å². The predicted octanol–water partition coefficient (Wildman–Crippen LogP) is 3.20. The summed E-state index contributed by atoms with van der Waals surface area (Å²) in [6.07, 6.45) is 0.909. The van der Waals surface area contributed by atoms with E-state index in [-0.39, 0.29) is 18.0 Å². The van der Waals surface area contributed by atoms with Crippen molar-refractivity contribution in [3.8, 4) is 23.0 Å². The Morgan fingerprint density at radius 1 is 0.914 bits per heavy atom. The van der Waals surface area contributed by atoms with Crippen LogP contribution >= 0.6 is 0 Å². The zero-order chi connectivity index (χ0) is 26.0. The van der Waals surface area contributed by atoms with Crippen LogP contribution in [-0.4, -0.2) is 55.3 Å². The number of nitrogens with one attached hydrogen (secondary N) is 1. The average Bonchev–Trinajstić information content (AvgIpc) is 2.82. The van der Waals surface area contributed by atoms with Crippen LogP contribution in [0.4, 0.5) is 5.69 Å². The molecule has 1 amide bonds. The average molecular weight is 508 g/mol. The van der Waals surface area contributed by atoms with Gasteiger partial charge < -0.3 is 29.0 Å². The van der Waals surface area contributed by atoms with Gasteiger partial charge in [0.1, 0.15) is 29.4 Å². The summed E-state index contributed by atoms with van der Waals surface area (Å²) in [4.78, 5) is 23.7. The van der Waals surface area contributed by atoms with Crippen molar-refractivity contribution in [1.29, 1.82) is 0 Å². The number of ether oxygens (including phenoxy) is 5. The van der Waals surface area contributed by atoms with Crippen molar-refractivity contribution < 1.29 is 41.7 Å². The van der Waals surface area contributed by atoms with Gasteiger partial charge in [-0.15, -0.1) is 0 Å². The fourth-order valence-corrected chi connectivity index (χ4v) is 4.21. The molecule has 35 heavy (non-hydrogen) atoms. The zero-order valence-corrected chi connectivity index (χ0v) is 21.1. The van der Waals surface area contributed by atoms with Gasteiger partial charge in [0.25, 0.3) is 0 Å². The van der Waals surface area contributed by atoms with E-state index >= 15 is 0 Å². The van der Waals surface area contributed by atoms with Crippen molar-refractivity contribution in [2.45, 2.75) is 19.1 Å². The molecule has 0 atom stereocenters. The largest absolute Gasteiger partial charge is 0.496 e. The van der Waals surface area contributed by atoms with Gasteiger partial charge in [0.15, 0.2) is 9.84 Å². The first-order valence-corrected chi connectivity index (χ1v) is 12.2. The number of methoxy groups -OCH3 is 4. The summed E-state index contributed by atoms with van der Waals surface area (Å²) >= 11 is 0. The van der Waals surface area contributed by atoms with Gasteiger partial charge in [-0.3, -0.25) is 9.59 Å². The number of sulfone groups is 1. The number of hydrogen-bond acceptors (Lipinski definition) is 9. The van der Waals surface area contributed by atoms with Gasteiger partial charge >= 0.3 is 5.97 Å². The molecule has 0 saturated carbocycles. The summed E-state index contributed by atoms with van der Waals surface area (Å²) in [7, 11) is 2.07. The van der Waals surface area contributed by atoms with Gasteiger partial charge in [-0.1, -0.05) is 6.07 Å². The van der Waals surface area contributed by atoms with E-state index < -0.39 is 28.1 Å². The standard InChI is InChI=1S/C24H29NO9S/c1-6-34-24(27)14-23(26)25-19-11-16(7-8-20(19)31-3)15-35(28,29)10-9-18-21(32-4)12-17(30-2)13-22(18)33-5/h7-13H,6,14-15H2,1-5H3,(H,25,26)/b10-9+. The van der Waals surface area contributed by atoms with Gasteiger partial charge in [-0.25, -0.2) is 8.42 Å². The first kappa shape index (κ1) is 27.5. The molecule has 1 N–H and O–H groups in total. The van der Waals surface area contributed by atoms with E-state index in [9.17, 15) is 18.0 Å². The molecule has 0 heterocycles. The first-order chi connectivity index (χ1) is 16.7. The Balaban J connectivity index is 2.26. The second kappa shape index (κ2) is 12.7. The van der Waals surface area contributed by atoms with E-state index in [4.69, 9.17) is 23.7 Å². The fourth-order valence-electron chi connectivity index (χ4n) is 3.13. The SMILES string of the molecule is CCOC(=O)CC(=O)Nc1cc(CS(=O)(=O)/C=C/c2c(OC)cc(OC)cc2OC)ccc1OC. The maximum Gasteiger partial charge on any atom is 0.315 e. The minimum absolute atomic E-state index is 0.157. The molecule has 0 aliphatic heterocycles. The van der Waals surface area contributed by atoms with Gasteiger partial charge in [-0.05, 0) is 30.7 Å². The summed E-state index contributed by atoms with van der Waals surface area (Å²) in [5.41, 5.74) is 1.06. The topological polar surface area (TPSA) is 126 Å². The molecule has 2 aromatic rings. The van der Waals surface area contributed by atoms with Crippen LogP contribution < -0.4 is 24.3 Å². The van der Waals surface area contributed by atoms with Gasteiger partial charge in [0, 0.05) is 17.5 Å². The second-order valence-corrected chi connectivity index (χ2v) is 9.01. The summed E-state index contributed by atoms with van der Waals surface area (Å²) in [5.74, 6) is -0.0688. The van der Waals surface area contributed by atoms with Crippen molar-refractivity contribution in [3.63, 3.8) is 0 Å². The molecule has 0 fully saturated rings. The maximum atomic E-state index is 12.8. The predicted molar refractivity (Wildman–Crippen MR) is 131 cm³/mol. The van der Waals surface area contributed by atoms with E-state index in [1.807, 2.05) is 0 Å². The van der Waals surface area contributed by atoms with E-state index in [1.54, 1.807) is 25.1 Å². The van der Waals surface area contributed by atoms with Crippen LogP contribution in [0, 0.1) is 0 Å². The van der Waals surface area contributed by atoms with E-state index in [1.165, 1.54) is 46.6 Å². The lowest BCUT2D eigenvalue weighted by Crippen LogP contribution is -2.18. The summed E-state index contributed by atoms with van der Waals surface area (Å²) in [6.45, 7) is 1.79. The molecular weight excluding hydrogens is 478 g/mol. The molecule has 11 heteroatoms. The Bertz CT molecular complexity index is 1160. The van der Waals surface area contributed by atoms with Crippen LogP contribution in [0.15, 0.2) is 35.7 Å². The Labute approximate surface area is 204 Å². The van der Waals surface area contributed by atoms with Gasteiger partial charge in [0.2, 0.25) is 5.91 Å². The smallest absolute Gasteiger partial charge is 0.315 e. The summed E-state index contributed by atoms with van der Waals surface area (Å²) in [6, 6.07) is 7.80. The molecule has 0 aliphatic carbocycles. The highest BCUT2D eigenvalue weighted by Gasteiger charge is 2.17. The molecule has 0 spiro atoms. The van der Waals surface area contributed by atoms with Gasteiger partial charge in [-0.2, -0.15) is 0 Å². The number of carbonyl (C=O) groups is 2. The van der Waals surface area contributed by atoms with Crippen LogP contribution in [0.2, 0.25) is 0 Å². The highest BCUT2D eigenvalue weighted by Crippen LogP contribution is 2.35. The quantitative estimate of drug-likeness (QED) is 0.340. The lowest BCUT2D eigenvalue weighted by atomic mass is 10.1. The lowest BCUT2D eigenvalue weighted by molar-refractivity contribution is -0.145. The Morgan fingerprint density at radius 3 is 2.09 bits per heavy atom.